The highest BCUT2D eigenvalue weighted by molar-refractivity contribution is 8.18. The minimum Gasteiger partial charge on any atom is -0.356 e. The zero-order valence-corrected chi connectivity index (χ0v) is 15.5. The Morgan fingerprint density at radius 2 is 1.57 bits per heavy atom. The molecule has 0 saturated carbocycles. The Morgan fingerprint density at radius 1 is 0.893 bits per heavy atom. The summed E-state index contributed by atoms with van der Waals surface area (Å²) in [5.41, 5.74) is 3.03. The van der Waals surface area contributed by atoms with Gasteiger partial charge < -0.3 is 10.6 Å². The Labute approximate surface area is 166 Å². The van der Waals surface area contributed by atoms with Crippen molar-refractivity contribution in [1.82, 2.24) is 5.32 Å². The Hall–Kier alpha value is -3.38. The Morgan fingerprint density at radius 3 is 2.32 bits per heavy atom. The number of benzene rings is 3. The van der Waals surface area contributed by atoms with E-state index in [1.165, 1.54) is 23.9 Å². The lowest BCUT2D eigenvalue weighted by Crippen LogP contribution is -2.19. The van der Waals surface area contributed by atoms with Crippen molar-refractivity contribution in [2.24, 2.45) is 4.99 Å². The Bertz CT molecular complexity index is 1060. The second-order valence-electron chi connectivity index (χ2n) is 6.04. The van der Waals surface area contributed by atoms with Gasteiger partial charge in [0.05, 0.1) is 10.6 Å². The van der Waals surface area contributed by atoms with Gasteiger partial charge in [-0.25, -0.2) is 9.38 Å². The number of halogens is 1. The molecule has 3 aromatic carbocycles. The topological polar surface area (TPSA) is 53.5 Å². The van der Waals surface area contributed by atoms with Gasteiger partial charge in [-0.1, -0.05) is 36.4 Å². The van der Waals surface area contributed by atoms with Crippen LogP contribution < -0.4 is 10.6 Å². The zero-order valence-electron chi connectivity index (χ0n) is 14.7. The van der Waals surface area contributed by atoms with Crippen LogP contribution in [0.2, 0.25) is 0 Å². The van der Waals surface area contributed by atoms with Gasteiger partial charge in [0.25, 0.3) is 5.91 Å². The highest BCUT2D eigenvalue weighted by atomic mass is 32.2. The van der Waals surface area contributed by atoms with E-state index < -0.39 is 0 Å². The maximum absolute atomic E-state index is 13.8. The van der Waals surface area contributed by atoms with Crippen LogP contribution in [0.1, 0.15) is 5.56 Å². The third kappa shape index (κ3) is 4.29. The standard InChI is InChI=1S/C22H16FN3OS/c23-19-9-5-4-6-15(19)14-20-21(27)26-22(28-20)25-18-12-10-17(11-13-18)24-16-7-2-1-3-8-16/h1-14,24H,(H,25,26,27)/b20-14-. The molecule has 0 aromatic heterocycles. The van der Waals surface area contributed by atoms with E-state index in [2.05, 4.69) is 15.6 Å². The molecule has 4 nitrogen and oxygen atoms in total. The van der Waals surface area contributed by atoms with Crippen LogP contribution in [0.15, 0.2) is 88.8 Å². The van der Waals surface area contributed by atoms with Crippen molar-refractivity contribution in [3.63, 3.8) is 0 Å². The maximum atomic E-state index is 13.8. The molecule has 0 unspecified atom stereocenters. The van der Waals surface area contributed by atoms with Gasteiger partial charge in [0.1, 0.15) is 5.82 Å². The molecule has 1 fully saturated rings. The summed E-state index contributed by atoms with van der Waals surface area (Å²) in [5, 5.41) is 6.49. The predicted octanol–water partition coefficient (Wildman–Crippen LogP) is 5.46. The van der Waals surface area contributed by atoms with Crippen molar-refractivity contribution in [1.29, 1.82) is 0 Å². The van der Waals surface area contributed by atoms with E-state index in [0.29, 0.717) is 21.3 Å². The number of hydrogen-bond donors (Lipinski definition) is 2. The molecule has 3 aromatic rings. The monoisotopic (exact) mass is 389 g/mol. The molecule has 0 atom stereocenters. The fourth-order valence-corrected chi connectivity index (χ4v) is 3.47. The van der Waals surface area contributed by atoms with Crippen LogP contribution in [-0.4, -0.2) is 11.1 Å². The average molecular weight is 389 g/mol. The van der Waals surface area contributed by atoms with E-state index >= 15 is 0 Å². The number of aliphatic imine (C=N–C) groups is 1. The van der Waals surface area contributed by atoms with Gasteiger partial charge >= 0.3 is 0 Å². The van der Waals surface area contributed by atoms with Crippen LogP contribution in [0, 0.1) is 5.82 Å². The minimum atomic E-state index is -0.365. The molecule has 0 aliphatic carbocycles. The molecule has 138 valence electrons. The SMILES string of the molecule is O=C1NC(=Nc2ccc(Nc3ccccc3)cc2)S/C1=C\c1ccccc1F. The van der Waals surface area contributed by atoms with Crippen LogP contribution in [0.4, 0.5) is 21.5 Å². The highest BCUT2D eigenvalue weighted by Gasteiger charge is 2.24. The zero-order chi connectivity index (χ0) is 19.3. The van der Waals surface area contributed by atoms with Crippen molar-refractivity contribution in [2.45, 2.75) is 0 Å². The number of thioether (sulfide) groups is 1. The van der Waals surface area contributed by atoms with Crippen LogP contribution in [0.25, 0.3) is 6.08 Å². The van der Waals surface area contributed by atoms with Crippen molar-refractivity contribution in [3.8, 4) is 0 Å². The van der Waals surface area contributed by atoms with Gasteiger partial charge in [0, 0.05) is 16.9 Å². The predicted molar refractivity (Wildman–Crippen MR) is 113 cm³/mol. The summed E-state index contributed by atoms with van der Waals surface area (Å²) in [5.74, 6) is -0.648. The summed E-state index contributed by atoms with van der Waals surface area (Å²) >= 11 is 1.19. The fraction of sp³-hybridized carbons (Fsp3) is 0. The first kappa shape index (κ1) is 18.0. The Kier molecular flexibility index (Phi) is 5.21. The van der Waals surface area contributed by atoms with E-state index in [-0.39, 0.29) is 11.7 Å². The number of anilines is 2. The molecule has 1 aliphatic rings. The lowest BCUT2D eigenvalue weighted by atomic mass is 10.2. The van der Waals surface area contributed by atoms with Gasteiger partial charge in [-0.05, 0) is 60.3 Å². The number of para-hydroxylation sites is 1. The maximum Gasteiger partial charge on any atom is 0.264 e. The lowest BCUT2D eigenvalue weighted by Gasteiger charge is -2.06. The molecule has 0 radical (unpaired) electrons. The van der Waals surface area contributed by atoms with Crippen molar-refractivity contribution in [3.05, 3.63) is 95.1 Å². The summed E-state index contributed by atoms with van der Waals surface area (Å²) in [7, 11) is 0. The van der Waals surface area contributed by atoms with E-state index in [1.54, 1.807) is 18.2 Å². The van der Waals surface area contributed by atoms with Gasteiger partial charge in [-0.15, -0.1) is 0 Å². The van der Waals surface area contributed by atoms with E-state index in [1.807, 2.05) is 54.6 Å². The number of hydrogen-bond acceptors (Lipinski definition) is 4. The summed E-state index contributed by atoms with van der Waals surface area (Å²) in [4.78, 5) is 17.0. The number of amidine groups is 1. The van der Waals surface area contributed by atoms with Gasteiger partial charge in [-0.2, -0.15) is 0 Å². The first-order chi connectivity index (χ1) is 13.7. The minimum absolute atomic E-state index is 0.283. The quantitative estimate of drug-likeness (QED) is 0.583. The van der Waals surface area contributed by atoms with E-state index in [4.69, 9.17) is 0 Å². The third-order valence-corrected chi connectivity index (χ3v) is 4.91. The molecule has 1 aliphatic heterocycles. The molecule has 6 heteroatoms. The Balaban J connectivity index is 1.47. The largest absolute Gasteiger partial charge is 0.356 e. The van der Waals surface area contributed by atoms with Gasteiger partial charge in [0.2, 0.25) is 0 Å². The molecule has 1 saturated heterocycles. The average Bonchev–Trinajstić information content (AvgIpc) is 3.05. The van der Waals surface area contributed by atoms with Crippen LogP contribution >= 0.6 is 11.8 Å². The third-order valence-electron chi connectivity index (χ3n) is 4.00. The normalized spacial score (nSPS) is 16.4. The molecule has 1 heterocycles. The van der Waals surface area contributed by atoms with Gasteiger partial charge in [-0.3, -0.25) is 4.79 Å². The molecular weight excluding hydrogens is 373 g/mol. The number of nitrogens with zero attached hydrogens (tertiary/aromatic N) is 1. The summed E-state index contributed by atoms with van der Waals surface area (Å²) < 4.78 is 13.8. The first-order valence-corrected chi connectivity index (χ1v) is 9.45. The lowest BCUT2D eigenvalue weighted by molar-refractivity contribution is -0.115. The fourth-order valence-electron chi connectivity index (χ4n) is 2.64. The van der Waals surface area contributed by atoms with Crippen molar-refractivity contribution in [2.75, 3.05) is 5.32 Å². The second-order valence-corrected chi connectivity index (χ2v) is 7.07. The second kappa shape index (κ2) is 8.10. The van der Waals surface area contributed by atoms with Crippen molar-refractivity contribution >= 4 is 46.0 Å². The molecule has 1 amide bonds. The number of rotatable bonds is 4. The van der Waals surface area contributed by atoms with Crippen LogP contribution in [0.3, 0.4) is 0 Å². The van der Waals surface area contributed by atoms with Crippen molar-refractivity contribution < 1.29 is 9.18 Å². The number of carbonyl (C=O) groups excluding carboxylic acids is 1. The number of carbonyl (C=O) groups is 1. The van der Waals surface area contributed by atoms with E-state index in [0.717, 1.165) is 11.4 Å². The summed E-state index contributed by atoms with van der Waals surface area (Å²) in [6, 6.07) is 23.8. The molecule has 28 heavy (non-hydrogen) atoms. The summed E-state index contributed by atoms with van der Waals surface area (Å²) in [6.45, 7) is 0. The molecule has 0 bridgehead atoms. The van der Waals surface area contributed by atoms with E-state index in [9.17, 15) is 9.18 Å². The first-order valence-electron chi connectivity index (χ1n) is 8.64. The van der Waals surface area contributed by atoms with Gasteiger partial charge in [0.15, 0.2) is 5.17 Å². The molecular formula is C22H16FN3OS. The van der Waals surface area contributed by atoms with Crippen LogP contribution in [0.5, 0.6) is 0 Å². The highest BCUT2D eigenvalue weighted by Crippen LogP contribution is 2.29. The molecule has 0 spiro atoms. The molecule has 4 rings (SSSR count). The number of amides is 1. The molecule has 2 N–H and O–H groups in total. The smallest absolute Gasteiger partial charge is 0.264 e. The summed E-state index contributed by atoms with van der Waals surface area (Å²) in [6.07, 6.45) is 1.53. The number of nitrogens with one attached hydrogen (secondary N) is 2. The van der Waals surface area contributed by atoms with Crippen LogP contribution in [-0.2, 0) is 4.79 Å².